The zero-order chi connectivity index (χ0) is 14.7. The van der Waals surface area contributed by atoms with Crippen LogP contribution in [0.3, 0.4) is 0 Å². The van der Waals surface area contributed by atoms with E-state index in [2.05, 4.69) is 5.32 Å². The highest BCUT2D eigenvalue weighted by molar-refractivity contribution is 5.79. The molecule has 1 saturated heterocycles. The number of hydrogen-bond donors (Lipinski definition) is 4. The van der Waals surface area contributed by atoms with E-state index >= 15 is 0 Å². The van der Waals surface area contributed by atoms with Crippen molar-refractivity contribution in [3.63, 3.8) is 0 Å². The molecule has 0 spiro atoms. The molecule has 110 valence electrons. The van der Waals surface area contributed by atoms with Crippen LogP contribution in [0, 0.1) is 6.92 Å². The first kappa shape index (κ1) is 14.6. The lowest BCUT2D eigenvalue weighted by Crippen LogP contribution is -2.36. The van der Waals surface area contributed by atoms with Gasteiger partial charge < -0.3 is 26.2 Å². The van der Waals surface area contributed by atoms with Gasteiger partial charge in [-0.3, -0.25) is 0 Å². The molecule has 1 aromatic carbocycles. The number of benzene rings is 1. The first-order valence-electron chi connectivity index (χ1n) is 6.72. The SMILES string of the molecule is Cc1cc(N2CC(NCCO)CC2C(=O)O)ccc1N. The third-order valence-electron chi connectivity index (χ3n) is 3.72. The van der Waals surface area contributed by atoms with E-state index in [1.54, 1.807) is 6.07 Å². The Balaban J connectivity index is 2.18. The van der Waals surface area contributed by atoms with Crippen molar-refractivity contribution in [1.82, 2.24) is 5.32 Å². The Morgan fingerprint density at radius 1 is 1.55 bits per heavy atom. The summed E-state index contributed by atoms with van der Waals surface area (Å²) in [6.07, 6.45) is 0.527. The Hall–Kier alpha value is -1.79. The number of nitrogens with zero attached hydrogens (tertiary/aromatic N) is 1. The van der Waals surface area contributed by atoms with Crippen LogP contribution in [-0.4, -0.2) is 48.0 Å². The van der Waals surface area contributed by atoms with Crippen LogP contribution in [0.1, 0.15) is 12.0 Å². The van der Waals surface area contributed by atoms with Crippen molar-refractivity contribution in [2.24, 2.45) is 0 Å². The van der Waals surface area contributed by atoms with Crippen molar-refractivity contribution in [2.45, 2.75) is 25.4 Å². The molecule has 1 aliphatic heterocycles. The number of nitrogens with two attached hydrogens (primary N) is 1. The van der Waals surface area contributed by atoms with Crippen molar-refractivity contribution in [3.05, 3.63) is 23.8 Å². The number of rotatable bonds is 5. The summed E-state index contributed by atoms with van der Waals surface area (Å²) >= 11 is 0. The number of anilines is 2. The fraction of sp³-hybridized carbons (Fsp3) is 0.500. The van der Waals surface area contributed by atoms with Gasteiger partial charge in [0.1, 0.15) is 6.04 Å². The lowest BCUT2D eigenvalue weighted by atomic mass is 10.1. The van der Waals surface area contributed by atoms with Gasteiger partial charge >= 0.3 is 5.97 Å². The smallest absolute Gasteiger partial charge is 0.326 e. The molecule has 1 fully saturated rings. The minimum Gasteiger partial charge on any atom is -0.480 e. The highest BCUT2D eigenvalue weighted by atomic mass is 16.4. The van der Waals surface area contributed by atoms with Gasteiger partial charge in [0.25, 0.3) is 0 Å². The summed E-state index contributed by atoms with van der Waals surface area (Å²) in [5, 5.41) is 21.4. The predicted octanol–water partition coefficient (Wildman–Crippen LogP) is 0.191. The lowest BCUT2D eigenvalue weighted by molar-refractivity contribution is -0.138. The molecule has 0 saturated carbocycles. The summed E-state index contributed by atoms with van der Waals surface area (Å²) < 4.78 is 0. The van der Waals surface area contributed by atoms with Crippen molar-refractivity contribution in [1.29, 1.82) is 0 Å². The Kier molecular flexibility index (Phi) is 4.46. The third-order valence-corrected chi connectivity index (χ3v) is 3.72. The zero-order valence-electron chi connectivity index (χ0n) is 11.5. The minimum atomic E-state index is -0.826. The number of aliphatic hydroxyl groups is 1. The van der Waals surface area contributed by atoms with Crippen LogP contribution >= 0.6 is 0 Å². The maximum atomic E-state index is 11.4. The summed E-state index contributed by atoms with van der Waals surface area (Å²) in [4.78, 5) is 13.3. The molecule has 0 aliphatic carbocycles. The molecule has 6 nitrogen and oxygen atoms in total. The number of carbonyl (C=O) groups is 1. The predicted molar refractivity (Wildman–Crippen MR) is 77.9 cm³/mol. The van der Waals surface area contributed by atoms with Gasteiger partial charge in [-0.05, 0) is 37.1 Å². The Morgan fingerprint density at radius 2 is 2.30 bits per heavy atom. The molecule has 0 amide bonds. The van der Waals surface area contributed by atoms with E-state index in [0.29, 0.717) is 25.2 Å². The van der Waals surface area contributed by atoms with Gasteiger partial charge in [-0.2, -0.15) is 0 Å². The van der Waals surface area contributed by atoms with Crippen LogP contribution in [0.4, 0.5) is 11.4 Å². The Morgan fingerprint density at radius 3 is 2.90 bits per heavy atom. The molecule has 2 unspecified atom stereocenters. The molecule has 5 N–H and O–H groups in total. The fourth-order valence-electron chi connectivity index (χ4n) is 2.61. The summed E-state index contributed by atoms with van der Waals surface area (Å²) in [6.45, 7) is 3.05. The van der Waals surface area contributed by atoms with E-state index < -0.39 is 12.0 Å². The maximum Gasteiger partial charge on any atom is 0.326 e. The fourth-order valence-corrected chi connectivity index (χ4v) is 2.61. The second-order valence-corrected chi connectivity index (χ2v) is 5.16. The molecule has 0 aromatic heterocycles. The highest BCUT2D eigenvalue weighted by Crippen LogP contribution is 2.28. The van der Waals surface area contributed by atoms with Gasteiger partial charge in [0.15, 0.2) is 0 Å². The monoisotopic (exact) mass is 279 g/mol. The molecule has 2 atom stereocenters. The number of aliphatic hydroxyl groups excluding tert-OH is 1. The van der Waals surface area contributed by atoms with E-state index in [4.69, 9.17) is 10.8 Å². The van der Waals surface area contributed by atoms with Gasteiger partial charge in [-0.15, -0.1) is 0 Å². The normalized spacial score (nSPS) is 22.2. The van der Waals surface area contributed by atoms with Crippen molar-refractivity contribution >= 4 is 17.3 Å². The molecule has 2 rings (SSSR count). The first-order chi connectivity index (χ1) is 9.52. The molecule has 6 heteroatoms. The van der Waals surface area contributed by atoms with Crippen LogP contribution in [0.5, 0.6) is 0 Å². The number of nitrogen functional groups attached to an aromatic ring is 1. The Bertz CT molecular complexity index is 493. The summed E-state index contributed by atoms with van der Waals surface area (Å²) in [6, 6.07) is 5.10. The van der Waals surface area contributed by atoms with Gasteiger partial charge in [0.05, 0.1) is 6.61 Å². The molecule has 1 heterocycles. The summed E-state index contributed by atoms with van der Waals surface area (Å²) in [5.74, 6) is -0.826. The molecular formula is C14H21N3O3. The number of hydrogen-bond acceptors (Lipinski definition) is 5. The third kappa shape index (κ3) is 3.02. The van der Waals surface area contributed by atoms with Crippen molar-refractivity contribution < 1.29 is 15.0 Å². The number of aliphatic carboxylic acids is 1. The lowest BCUT2D eigenvalue weighted by Gasteiger charge is -2.24. The zero-order valence-corrected chi connectivity index (χ0v) is 11.5. The van der Waals surface area contributed by atoms with Crippen LogP contribution in [0.15, 0.2) is 18.2 Å². The van der Waals surface area contributed by atoms with Gasteiger partial charge in [-0.25, -0.2) is 4.79 Å². The maximum absolute atomic E-state index is 11.4. The molecular weight excluding hydrogens is 258 g/mol. The highest BCUT2D eigenvalue weighted by Gasteiger charge is 2.36. The van der Waals surface area contributed by atoms with Crippen molar-refractivity contribution in [2.75, 3.05) is 30.3 Å². The van der Waals surface area contributed by atoms with Crippen LogP contribution < -0.4 is 16.0 Å². The van der Waals surface area contributed by atoms with Crippen molar-refractivity contribution in [3.8, 4) is 0 Å². The van der Waals surface area contributed by atoms with Crippen LogP contribution in [0.2, 0.25) is 0 Å². The molecule has 0 radical (unpaired) electrons. The number of nitrogens with one attached hydrogen (secondary N) is 1. The number of carboxylic acids is 1. The quantitative estimate of drug-likeness (QED) is 0.574. The van der Waals surface area contributed by atoms with E-state index in [0.717, 1.165) is 11.3 Å². The van der Waals surface area contributed by atoms with Gasteiger partial charge in [-0.1, -0.05) is 0 Å². The number of aryl methyl sites for hydroxylation is 1. The molecule has 0 bridgehead atoms. The average Bonchev–Trinajstić information content (AvgIpc) is 2.84. The minimum absolute atomic E-state index is 0.0508. The van der Waals surface area contributed by atoms with Gasteiger partial charge in [0, 0.05) is 30.5 Å². The second kappa shape index (κ2) is 6.11. The molecule has 20 heavy (non-hydrogen) atoms. The topological polar surface area (TPSA) is 98.8 Å². The largest absolute Gasteiger partial charge is 0.480 e. The summed E-state index contributed by atoms with van der Waals surface area (Å²) in [7, 11) is 0. The van der Waals surface area contributed by atoms with E-state index in [1.165, 1.54) is 0 Å². The van der Waals surface area contributed by atoms with E-state index in [1.807, 2.05) is 24.0 Å². The second-order valence-electron chi connectivity index (χ2n) is 5.16. The van der Waals surface area contributed by atoms with Crippen LogP contribution in [-0.2, 0) is 4.79 Å². The van der Waals surface area contributed by atoms with Gasteiger partial charge in [0.2, 0.25) is 0 Å². The standard InChI is InChI=1S/C14H21N3O3/c1-9-6-11(2-3-12(9)15)17-8-10(16-4-5-18)7-13(17)14(19)20/h2-3,6,10,13,16,18H,4-5,7-8,15H2,1H3,(H,19,20). The number of carboxylic acid groups (broad SMARTS) is 1. The first-order valence-corrected chi connectivity index (χ1v) is 6.72. The summed E-state index contributed by atoms with van der Waals surface area (Å²) in [5.41, 5.74) is 8.32. The molecule has 1 aliphatic rings. The Labute approximate surface area is 118 Å². The van der Waals surface area contributed by atoms with E-state index in [-0.39, 0.29) is 12.6 Å². The van der Waals surface area contributed by atoms with Crippen LogP contribution in [0.25, 0.3) is 0 Å². The average molecular weight is 279 g/mol. The van der Waals surface area contributed by atoms with E-state index in [9.17, 15) is 9.90 Å². The molecule has 1 aromatic rings.